The number of benzene rings is 1. The van der Waals surface area contributed by atoms with Gasteiger partial charge in [-0.05, 0) is 81.4 Å². The second-order valence-corrected chi connectivity index (χ2v) is 17.7. The van der Waals surface area contributed by atoms with Crippen LogP contribution in [0.2, 0.25) is 0 Å². The summed E-state index contributed by atoms with van der Waals surface area (Å²) in [6.45, 7) is 9.53. The maximum atomic E-state index is 14.6. The van der Waals surface area contributed by atoms with E-state index in [-0.39, 0.29) is 49.5 Å². The van der Waals surface area contributed by atoms with Gasteiger partial charge in [0.2, 0.25) is 11.8 Å². The molecule has 2 heterocycles. The molecule has 1 aliphatic heterocycles. The first-order valence-corrected chi connectivity index (χ1v) is 20.3. The molecule has 2 aromatic rings. The first-order chi connectivity index (χ1) is 25.0. The molecule has 14 heteroatoms. The molecule has 1 aromatic carbocycles. The van der Waals surface area contributed by atoms with Gasteiger partial charge >= 0.3 is 16.3 Å². The number of amides is 2. The van der Waals surface area contributed by atoms with E-state index in [1.165, 1.54) is 4.90 Å². The Morgan fingerprint density at radius 1 is 1.02 bits per heavy atom. The van der Waals surface area contributed by atoms with Crippen LogP contribution in [0.3, 0.4) is 0 Å². The molecule has 4 unspecified atom stereocenters. The minimum Gasteiger partial charge on any atom is -0.496 e. The van der Waals surface area contributed by atoms with Crippen molar-refractivity contribution in [1.29, 1.82) is 0 Å². The average molecular weight is 756 g/mol. The Morgan fingerprint density at radius 2 is 1.74 bits per heavy atom. The number of hydrogen-bond donors (Lipinski definition) is 1. The zero-order chi connectivity index (χ0) is 38.3. The third kappa shape index (κ3) is 8.64. The van der Waals surface area contributed by atoms with Crippen molar-refractivity contribution in [3.8, 4) is 11.5 Å². The molecule has 0 bridgehead atoms. The van der Waals surface area contributed by atoms with Gasteiger partial charge in [-0.3, -0.25) is 28.3 Å². The van der Waals surface area contributed by atoms with E-state index in [9.17, 15) is 27.6 Å². The Bertz CT molecular complexity index is 1850. The van der Waals surface area contributed by atoms with Gasteiger partial charge in [-0.1, -0.05) is 34.1 Å². The van der Waals surface area contributed by atoms with Gasteiger partial charge < -0.3 is 19.1 Å². The van der Waals surface area contributed by atoms with Crippen LogP contribution in [0, 0.1) is 29.6 Å². The predicted octanol–water partition coefficient (Wildman–Crippen LogP) is 5.35. The molecule has 1 N–H and O–H groups in total. The first-order valence-electron chi connectivity index (χ1n) is 18.9. The number of rotatable bonds is 15. The van der Waals surface area contributed by atoms with E-state index in [4.69, 9.17) is 18.4 Å². The highest BCUT2D eigenvalue weighted by molar-refractivity contribution is 7.85. The normalized spacial score (nSPS) is 25.2. The highest BCUT2D eigenvalue weighted by Gasteiger charge is 2.61. The summed E-state index contributed by atoms with van der Waals surface area (Å²) in [6, 6.07) is 4.46. The number of methoxy groups -OCH3 is 1. The molecule has 2 amide bonds. The summed E-state index contributed by atoms with van der Waals surface area (Å²) in [5.74, 6) is -1.74. The lowest BCUT2D eigenvalue weighted by Crippen LogP contribution is -2.48. The summed E-state index contributed by atoms with van der Waals surface area (Å²) >= 11 is 0. The number of carbonyl (C=O) groups is 4. The number of aromatic nitrogens is 1. The van der Waals surface area contributed by atoms with E-state index < -0.39 is 57.2 Å². The lowest BCUT2D eigenvalue weighted by molar-refractivity contribution is -0.156. The molecule has 1 saturated heterocycles. The van der Waals surface area contributed by atoms with Gasteiger partial charge in [-0.15, -0.1) is 0 Å². The minimum absolute atomic E-state index is 0.0679. The predicted molar refractivity (Wildman–Crippen MR) is 195 cm³/mol. The molecule has 3 saturated carbocycles. The van der Waals surface area contributed by atoms with Crippen molar-refractivity contribution >= 4 is 44.8 Å². The third-order valence-electron chi connectivity index (χ3n) is 11.5. The number of ether oxygens (including phenoxy) is 3. The van der Waals surface area contributed by atoms with Crippen molar-refractivity contribution in [2.45, 2.75) is 130 Å². The van der Waals surface area contributed by atoms with Crippen LogP contribution < -0.4 is 14.2 Å². The van der Waals surface area contributed by atoms with Crippen molar-refractivity contribution < 1.29 is 46.0 Å². The topological polar surface area (TPSA) is 168 Å². The number of Topliss-reactive ketones (excluding diaryl/α,β-unsaturated/α-hetero) is 1. The van der Waals surface area contributed by atoms with Crippen LogP contribution in [-0.2, 0) is 38.4 Å². The van der Waals surface area contributed by atoms with E-state index in [2.05, 4.69) is 9.71 Å². The number of nitrogens with one attached hydrogen (secondary N) is 1. The smallest absolute Gasteiger partial charge is 0.362 e. The zero-order valence-electron chi connectivity index (χ0n) is 31.6. The molecule has 13 nitrogen and oxygen atoms in total. The Labute approximate surface area is 312 Å². The summed E-state index contributed by atoms with van der Waals surface area (Å²) in [6.07, 6.45) is 5.90. The number of carbonyl (C=O) groups excluding carboxylic acids is 4. The van der Waals surface area contributed by atoms with Gasteiger partial charge in [-0.2, -0.15) is 8.42 Å². The fourth-order valence-electron chi connectivity index (χ4n) is 8.12. The number of aryl methyl sites for hydroxylation is 1. The average Bonchev–Trinajstić information content (AvgIpc) is 3.92. The summed E-state index contributed by atoms with van der Waals surface area (Å²) in [5, 5.41) is 0.745. The molecule has 6 rings (SSSR count). The minimum atomic E-state index is -4.34. The van der Waals surface area contributed by atoms with Crippen LogP contribution in [-0.4, -0.2) is 79.9 Å². The van der Waals surface area contributed by atoms with E-state index >= 15 is 0 Å². The maximum absolute atomic E-state index is 14.6. The van der Waals surface area contributed by atoms with E-state index in [1.807, 2.05) is 46.8 Å². The van der Waals surface area contributed by atoms with Gasteiger partial charge in [0, 0.05) is 30.0 Å². The quantitative estimate of drug-likeness (QED) is 0.233. The molecule has 1 aromatic heterocycles. The van der Waals surface area contributed by atoms with Crippen molar-refractivity contribution in [3.63, 3.8) is 0 Å². The highest BCUT2D eigenvalue weighted by Crippen LogP contribution is 2.58. The molecular weight excluding hydrogens is 703 g/mol. The fourth-order valence-corrected chi connectivity index (χ4v) is 9.15. The number of nitrogens with zero attached hydrogens (tertiary/aromatic N) is 2. The van der Waals surface area contributed by atoms with E-state index in [1.54, 1.807) is 19.4 Å². The number of pyridine rings is 1. The fraction of sp³-hybridized carbons (Fsp3) is 0.667. The SMILES string of the molecule is CCC1C[C@]1(CC(=O)C1CC(Oc2ccnc3c(C)c(OC)ccc23)CN1C(=O)C(CC(=O)OC1CCCC1)C(C)(C)C)C(=O)NS(=O)(=O)OC1CC1. The van der Waals surface area contributed by atoms with Gasteiger partial charge in [0.05, 0.1) is 49.1 Å². The Morgan fingerprint density at radius 3 is 2.36 bits per heavy atom. The summed E-state index contributed by atoms with van der Waals surface area (Å²) in [7, 11) is -2.75. The monoisotopic (exact) mass is 755 g/mol. The first kappa shape index (κ1) is 38.9. The van der Waals surface area contributed by atoms with Gasteiger partial charge in [-0.25, -0.2) is 4.72 Å². The Balaban J connectivity index is 1.27. The molecule has 5 atom stereocenters. The lowest BCUT2D eigenvalue weighted by atomic mass is 9.77. The standard InChI is InChI=1S/C39H53N3O10S/c1-7-24-20-39(24,37(46)41-53(47,48)52-26-12-13-26)21-31(43)30-18-27(50-33-16-17-40-35-23(2)32(49-6)15-14-28(33)35)22-42(30)36(45)29(38(3,4)5)19-34(44)51-25-10-8-9-11-25/h14-17,24-27,29-30H,7-13,18-22H2,1-6H3,(H,41,46)/t24?,27?,29?,30?,39-/m1/s1. The van der Waals surface area contributed by atoms with Crippen LogP contribution in [0.1, 0.15) is 104 Å². The maximum Gasteiger partial charge on any atom is 0.362 e. The van der Waals surface area contributed by atoms with Crippen molar-refractivity contribution in [3.05, 3.63) is 30.0 Å². The number of hydrogen-bond acceptors (Lipinski definition) is 11. The molecule has 3 aliphatic carbocycles. The largest absolute Gasteiger partial charge is 0.496 e. The zero-order valence-corrected chi connectivity index (χ0v) is 32.5. The van der Waals surface area contributed by atoms with E-state index in [0.29, 0.717) is 42.7 Å². The number of esters is 1. The van der Waals surface area contributed by atoms with Crippen LogP contribution in [0.25, 0.3) is 10.9 Å². The Hall–Kier alpha value is -3.78. The number of fused-ring (bicyclic) bond motifs is 1. The van der Waals surface area contributed by atoms with Gasteiger partial charge in [0.25, 0.3) is 0 Å². The van der Waals surface area contributed by atoms with Crippen molar-refractivity contribution in [2.75, 3.05) is 13.7 Å². The molecule has 0 spiro atoms. The number of ketones is 1. The molecule has 290 valence electrons. The summed E-state index contributed by atoms with van der Waals surface area (Å²) in [4.78, 5) is 62.0. The van der Waals surface area contributed by atoms with Crippen molar-refractivity contribution in [1.82, 2.24) is 14.6 Å². The van der Waals surface area contributed by atoms with Crippen LogP contribution in [0.15, 0.2) is 24.4 Å². The molecule has 4 aliphatic rings. The molecule has 53 heavy (non-hydrogen) atoms. The van der Waals surface area contributed by atoms with Crippen molar-refractivity contribution in [2.24, 2.45) is 22.7 Å². The summed E-state index contributed by atoms with van der Waals surface area (Å²) < 4.78 is 50.2. The third-order valence-corrected chi connectivity index (χ3v) is 12.5. The van der Waals surface area contributed by atoms with E-state index in [0.717, 1.165) is 36.6 Å². The highest BCUT2D eigenvalue weighted by atomic mass is 32.2. The number of likely N-dealkylation sites (tertiary alicyclic amines) is 1. The van der Waals surface area contributed by atoms with Crippen LogP contribution in [0.4, 0.5) is 0 Å². The van der Waals surface area contributed by atoms with Crippen LogP contribution >= 0.6 is 0 Å². The van der Waals surface area contributed by atoms with Gasteiger partial charge in [0.15, 0.2) is 5.78 Å². The molecular formula is C39H53N3O10S. The van der Waals surface area contributed by atoms with Crippen LogP contribution in [0.5, 0.6) is 11.5 Å². The second kappa shape index (κ2) is 15.2. The molecule has 0 radical (unpaired) electrons. The lowest BCUT2D eigenvalue weighted by Gasteiger charge is -2.35. The molecule has 4 fully saturated rings. The second-order valence-electron chi connectivity index (χ2n) is 16.4. The Kier molecular flexibility index (Phi) is 11.1. The summed E-state index contributed by atoms with van der Waals surface area (Å²) in [5.41, 5.74) is -0.364. The van der Waals surface area contributed by atoms with Gasteiger partial charge in [0.1, 0.15) is 23.7 Å².